The SMILES string of the molecule is CCOC(=O)C1=C(C)N(C)C(=S)NC1c1cccc(NC(=O)CC(C)C)c1. The van der Waals surface area contributed by atoms with Crippen molar-refractivity contribution >= 4 is 34.9 Å². The standard InChI is InChI=1S/C20H27N3O3S/c1-6-26-19(25)17-13(4)23(5)20(27)22-18(17)14-8-7-9-15(11-14)21-16(24)10-12(2)3/h7-9,11-12,18H,6,10H2,1-5H3,(H,21,24)(H,22,27). The first-order valence-electron chi connectivity index (χ1n) is 9.06. The lowest BCUT2D eigenvalue weighted by molar-refractivity contribution is -0.139. The number of amides is 1. The molecule has 1 aliphatic rings. The second kappa shape index (κ2) is 8.99. The van der Waals surface area contributed by atoms with Crippen LogP contribution in [0, 0.1) is 5.92 Å². The lowest BCUT2D eigenvalue weighted by Gasteiger charge is -2.35. The molecular formula is C20H27N3O3S. The van der Waals surface area contributed by atoms with Crippen molar-refractivity contribution in [1.82, 2.24) is 10.2 Å². The number of nitrogens with one attached hydrogen (secondary N) is 2. The first kappa shape index (κ1) is 20.9. The molecule has 0 radical (unpaired) electrons. The molecule has 2 rings (SSSR count). The van der Waals surface area contributed by atoms with E-state index in [1.807, 2.05) is 52.1 Å². The van der Waals surface area contributed by atoms with Gasteiger partial charge in [-0.15, -0.1) is 0 Å². The molecule has 0 aliphatic carbocycles. The number of carbonyl (C=O) groups is 2. The normalized spacial score (nSPS) is 17.0. The largest absolute Gasteiger partial charge is 0.463 e. The van der Waals surface area contributed by atoms with E-state index < -0.39 is 6.04 Å². The van der Waals surface area contributed by atoms with Gasteiger partial charge in [0.05, 0.1) is 18.2 Å². The number of hydrogen-bond donors (Lipinski definition) is 2. The Balaban J connectivity index is 2.36. The summed E-state index contributed by atoms with van der Waals surface area (Å²) in [5.74, 6) is -0.135. The molecule has 1 aromatic carbocycles. The second-order valence-electron chi connectivity index (χ2n) is 6.93. The molecule has 1 amide bonds. The number of nitrogens with zero attached hydrogens (tertiary/aromatic N) is 1. The fourth-order valence-corrected chi connectivity index (χ4v) is 3.19. The van der Waals surface area contributed by atoms with Crippen LogP contribution in [0.3, 0.4) is 0 Å². The minimum atomic E-state index is -0.435. The molecule has 1 atom stereocenters. The third-order valence-corrected chi connectivity index (χ3v) is 4.74. The molecule has 1 aromatic rings. The maximum Gasteiger partial charge on any atom is 0.338 e. The Bertz CT molecular complexity index is 773. The molecule has 27 heavy (non-hydrogen) atoms. The fraction of sp³-hybridized carbons (Fsp3) is 0.450. The summed E-state index contributed by atoms with van der Waals surface area (Å²) in [4.78, 5) is 26.4. The van der Waals surface area contributed by atoms with Crippen LogP contribution in [0.4, 0.5) is 5.69 Å². The minimum absolute atomic E-state index is 0.0358. The summed E-state index contributed by atoms with van der Waals surface area (Å²) in [6.07, 6.45) is 0.452. The molecule has 1 aliphatic heterocycles. The molecule has 6 nitrogen and oxygen atoms in total. The maximum atomic E-state index is 12.6. The summed E-state index contributed by atoms with van der Waals surface area (Å²) in [6.45, 7) is 7.91. The van der Waals surface area contributed by atoms with Gasteiger partial charge in [0.1, 0.15) is 0 Å². The van der Waals surface area contributed by atoms with Gasteiger partial charge in [0.25, 0.3) is 0 Å². The molecule has 0 spiro atoms. The van der Waals surface area contributed by atoms with Gasteiger partial charge in [-0.1, -0.05) is 26.0 Å². The third-order valence-electron chi connectivity index (χ3n) is 4.35. The first-order chi connectivity index (χ1) is 12.7. The highest BCUT2D eigenvalue weighted by molar-refractivity contribution is 7.80. The average Bonchev–Trinajstić information content (AvgIpc) is 2.58. The van der Waals surface area contributed by atoms with E-state index in [1.54, 1.807) is 11.8 Å². The maximum absolute atomic E-state index is 12.6. The number of thiocarbonyl (C=S) groups is 1. The highest BCUT2D eigenvalue weighted by Crippen LogP contribution is 2.31. The summed E-state index contributed by atoms with van der Waals surface area (Å²) in [5.41, 5.74) is 2.77. The van der Waals surface area contributed by atoms with Gasteiger partial charge in [0.15, 0.2) is 5.11 Å². The third kappa shape index (κ3) is 5.07. The molecule has 0 bridgehead atoms. The van der Waals surface area contributed by atoms with Gasteiger partial charge in [-0.25, -0.2) is 4.79 Å². The topological polar surface area (TPSA) is 70.7 Å². The average molecular weight is 390 g/mol. The predicted octanol–water partition coefficient (Wildman–Crippen LogP) is 3.37. The molecule has 0 saturated heterocycles. The van der Waals surface area contributed by atoms with E-state index in [2.05, 4.69) is 10.6 Å². The number of esters is 1. The zero-order chi connectivity index (χ0) is 20.1. The Morgan fingerprint density at radius 3 is 2.70 bits per heavy atom. The van der Waals surface area contributed by atoms with Crippen molar-refractivity contribution in [2.45, 2.75) is 40.2 Å². The Kier molecular flexibility index (Phi) is 6.96. The van der Waals surface area contributed by atoms with E-state index in [-0.39, 0.29) is 17.8 Å². The van der Waals surface area contributed by atoms with Gasteiger partial charge in [0, 0.05) is 24.9 Å². The monoisotopic (exact) mass is 389 g/mol. The van der Waals surface area contributed by atoms with Crippen molar-refractivity contribution in [3.8, 4) is 0 Å². The van der Waals surface area contributed by atoms with Crippen molar-refractivity contribution in [3.63, 3.8) is 0 Å². The zero-order valence-electron chi connectivity index (χ0n) is 16.5. The summed E-state index contributed by atoms with van der Waals surface area (Å²) >= 11 is 5.40. The van der Waals surface area contributed by atoms with Crippen LogP contribution in [0.25, 0.3) is 0 Å². The van der Waals surface area contributed by atoms with Crippen molar-refractivity contribution in [3.05, 3.63) is 41.1 Å². The Morgan fingerprint density at radius 2 is 2.07 bits per heavy atom. The highest BCUT2D eigenvalue weighted by atomic mass is 32.1. The van der Waals surface area contributed by atoms with Gasteiger partial charge in [-0.3, -0.25) is 4.79 Å². The van der Waals surface area contributed by atoms with Crippen LogP contribution in [0.15, 0.2) is 35.5 Å². The van der Waals surface area contributed by atoms with Crippen LogP contribution in [-0.4, -0.2) is 35.5 Å². The number of allylic oxidation sites excluding steroid dienone is 1. The summed E-state index contributed by atoms with van der Waals surface area (Å²) in [6, 6.07) is 7.00. The molecule has 2 N–H and O–H groups in total. The smallest absolute Gasteiger partial charge is 0.338 e. The van der Waals surface area contributed by atoms with Crippen LogP contribution in [0.2, 0.25) is 0 Å². The number of anilines is 1. The quantitative estimate of drug-likeness (QED) is 0.574. The summed E-state index contributed by atoms with van der Waals surface area (Å²) in [5, 5.41) is 6.64. The molecule has 1 unspecified atom stereocenters. The predicted molar refractivity (Wildman–Crippen MR) is 110 cm³/mol. The van der Waals surface area contributed by atoms with Crippen LogP contribution in [0.1, 0.15) is 45.7 Å². The Hall–Kier alpha value is -2.41. The van der Waals surface area contributed by atoms with Crippen LogP contribution < -0.4 is 10.6 Å². The van der Waals surface area contributed by atoms with E-state index in [9.17, 15) is 9.59 Å². The van der Waals surface area contributed by atoms with Gasteiger partial charge >= 0.3 is 5.97 Å². The molecule has 1 heterocycles. The minimum Gasteiger partial charge on any atom is -0.463 e. The Labute approximate surface area is 166 Å². The van der Waals surface area contributed by atoms with Gasteiger partial charge in [-0.2, -0.15) is 0 Å². The van der Waals surface area contributed by atoms with Crippen LogP contribution >= 0.6 is 12.2 Å². The van der Waals surface area contributed by atoms with Gasteiger partial charge in [0.2, 0.25) is 5.91 Å². The molecule has 0 fully saturated rings. The van der Waals surface area contributed by atoms with E-state index in [4.69, 9.17) is 17.0 Å². The number of rotatable bonds is 6. The van der Waals surface area contributed by atoms with E-state index in [0.29, 0.717) is 29.4 Å². The second-order valence-corrected chi connectivity index (χ2v) is 7.32. The van der Waals surface area contributed by atoms with Crippen molar-refractivity contribution in [2.24, 2.45) is 5.92 Å². The van der Waals surface area contributed by atoms with E-state index in [1.165, 1.54) is 0 Å². The lowest BCUT2D eigenvalue weighted by atomic mass is 9.95. The van der Waals surface area contributed by atoms with Crippen molar-refractivity contribution < 1.29 is 14.3 Å². The van der Waals surface area contributed by atoms with Crippen LogP contribution in [-0.2, 0) is 14.3 Å². The van der Waals surface area contributed by atoms with Crippen molar-refractivity contribution in [1.29, 1.82) is 0 Å². The lowest BCUT2D eigenvalue weighted by Crippen LogP contribution is -2.46. The Morgan fingerprint density at radius 1 is 1.37 bits per heavy atom. The summed E-state index contributed by atoms with van der Waals surface area (Å²) < 4.78 is 5.25. The number of benzene rings is 1. The number of hydrogen-bond acceptors (Lipinski definition) is 4. The summed E-state index contributed by atoms with van der Waals surface area (Å²) in [7, 11) is 1.81. The molecule has 0 saturated carbocycles. The molecule has 146 valence electrons. The van der Waals surface area contributed by atoms with Gasteiger partial charge < -0.3 is 20.3 Å². The molecule has 7 heteroatoms. The van der Waals surface area contributed by atoms with Crippen molar-refractivity contribution in [2.75, 3.05) is 19.0 Å². The van der Waals surface area contributed by atoms with E-state index in [0.717, 1.165) is 11.3 Å². The number of carbonyl (C=O) groups excluding carboxylic acids is 2. The molecule has 0 aromatic heterocycles. The number of ether oxygens (including phenoxy) is 1. The van der Waals surface area contributed by atoms with Gasteiger partial charge in [-0.05, 0) is 49.7 Å². The van der Waals surface area contributed by atoms with E-state index >= 15 is 0 Å². The fourth-order valence-electron chi connectivity index (χ4n) is 2.94. The first-order valence-corrected chi connectivity index (χ1v) is 9.47. The highest BCUT2D eigenvalue weighted by Gasteiger charge is 2.33. The van der Waals surface area contributed by atoms with Crippen LogP contribution in [0.5, 0.6) is 0 Å². The zero-order valence-corrected chi connectivity index (χ0v) is 17.3. The molecular weight excluding hydrogens is 362 g/mol.